The molecule has 0 amide bonds. The molecule has 1 heterocycles. The van der Waals surface area contributed by atoms with Crippen LogP contribution in [0.5, 0.6) is 0 Å². The summed E-state index contributed by atoms with van der Waals surface area (Å²) in [6.07, 6.45) is 1.31. The minimum absolute atomic E-state index is 0.214. The van der Waals surface area contributed by atoms with Crippen LogP contribution in [0.2, 0.25) is 0 Å². The van der Waals surface area contributed by atoms with E-state index in [0.29, 0.717) is 16.5 Å². The predicted octanol–water partition coefficient (Wildman–Crippen LogP) is 3.28. The Morgan fingerprint density at radius 3 is 2.65 bits per heavy atom. The lowest BCUT2D eigenvalue weighted by Gasteiger charge is -2.11. The van der Waals surface area contributed by atoms with Crippen LogP contribution in [0.1, 0.15) is 29.3 Å². The normalized spacial score (nSPS) is 11.4. The number of halogens is 3. The maximum atomic E-state index is 14.6. The summed E-state index contributed by atoms with van der Waals surface area (Å²) in [7, 11) is -3.79. The van der Waals surface area contributed by atoms with E-state index in [2.05, 4.69) is 20.9 Å². The van der Waals surface area contributed by atoms with Crippen LogP contribution in [-0.4, -0.2) is 24.9 Å². The van der Waals surface area contributed by atoms with Gasteiger partial charge >= 0.3 is 0 Å². The molecule has 26 heavy (non-hydrogen) atoms. The first-order valence-corrected chi connectivity index (χ1v) is 10.0. The zero-order valence-electron chi connectivity index (χ0n) is 13.7. The van der Waals surface area contributed by atoms with Gasteiger partial charge in [0.15, 0.2) is 11.6 Å². The number of benzene rings is 1. The first kappa shape index (κ1) is 20.2. The number of nitrogens with zero attached hydrogens (tertiary/aromatic N) is 1. The monoisotopic (exact) mass is 447 g/mol. The number of ketones is 1. The molecule has 1 aromatic carbocycles. The van der Waals surface area contributed by atoms with Gasteiger partial charge in [-0.05, 0) is 46.1 Å². The van der Waals surface area contributed by atoms with Crippen molar-refractivity contribution >= 4 is 43.2 Å². The number of pyridine rings is 1. The van der Waals surface area contributed by atoms with Crippen molar-refractivity contribution < 1.29 is 22.0 Å². The predicted molar refractivity (Wildman–Crippen MR) is 98.4 cm³/mol. The number of nitrogen functional groups attached to an aromatic ring is 1. The van der Waals surface area contributed by atoms with Crippen molar-refractivity contribution in [2.24, 2.45) is 0 Å². The lowest BCUT2D eigenvalue weighted by Crippen LogP contribution is -2.19. The van der Waals surface area contributed by atoms with E-state index in [1.165, 1.54) is 12.3 Å². The van der Waals surface area contributed by atoms with Gasteiger partial charge < -0.3 is 5.73 Å². The number of carbonyl (C=O) groups excluding carboxylic acids is 1. The third-order valence-electron chi connectivity index (χ3n) is 3.40. The summed E-state index contributed by atoms with van der Waals surface area (Å²) in [6.45, 7) is 1.65. The highest BCUT2D eigenvalue weighted by atomic mass is 79.9. The van der Waals surface area contributed by atoms with Crippen molar-refractivity contribution in [3.63, 3.8) is 0 Å². The van der Waals surface area contributed by atoms with Gasteiger partial charge in [-0.1, -0.05) is 6.92 Å². The van der Waals surface area contributed by atoms with Gasteiger partial charge in [-0.15, -0.1) is 0 Å². The molecule has 10 heteroatoms. The third kappa shape index (κ3) is 4.76. The molecule has 0 bridgehead atoms. The molecule has 2 aromatic rings. The fourth-order valence-corrected chi connectivity index (χ4v) is 3.76. The first-order chi connectivity index (χ1) is 12.1. The van der Waals surface area contributed by atoms with Crippen LogP contribution in [0.25, 0.3) is 0 Å². The van der Waals surface area contributed by atoms with E-state index >= 15 is 0 Å². The number of aromatic nitrogens is 1. The summed E-state index contributed by atoms with van der Waals surface area (Å²) >= 11 is 3.16. The number of Topliss-reactive ketones (excluding diaryl/α,β-unsaturated/α-hetero) is 1. The Kier molecular flexibility index (Phi) is 6.30. The van der Waals surface area contributed by atoms with E-state index in [9.17, 15) is 22.0 Å². The summed E-state index contributed by atoms with van der Waals surface area (Å²) < 4.78 is 54.7. The highest BCUT2D eigenvalue weighted by Crippen LogP contribution is 2.25. The van der Waals surface area contributed by atoms with E-state index in [1.54, 1.807) is 6.92 Å². The summed E-state index contributed by atoms with van der Waals surface area (Å²) in [5.74, 6) is -3.19. The van der Waals surface area contributed by atoms with Crippen molar-refractivity contribution in [1.29, 1.82) is 0 Å². The van der Waals surface area contributed by atoms with E-state index < -0.39 is 38.7 Å². The molecule has 1 aromatic heterocycles. The molecule has 0 saturated heterocycles. The smallest absolute Gasteiger partial charge is 0.232 e. The second-order valence-electron chi connectivity index (χ2n) is 5.52. The Balaban J connectivity index is 2.34. The number of hydrogen-bond donors (Lipinski definition) is 2. The minimum atomic E-state index is -3.79. The zero-order valence-corrected chi connectivity index (χ0v) is 16.1. The molecule has 0 aliphatic rings. The maximum Gasteiger partial charge on any atom is 0.232 e. The van der Waals surface area contributed by atoms with Crippen molar-refractivity contribution in [3.8, 4) is 0 Å². The molecule has 0 unspecified atom stereocenters. The highest BCUT2D eigenvalue weighted by Gasteiger charge is 2.23. The molecule has 0 atom stereocenters. The van der Waals surface area contributed by atoms with Gasteiger partial charge in [0.05, 0.1) is 21.5 Å². The van der Waals surface area contributed by atoms with Crippen molar-refractivity contribution in [1.82, 2.24) is 4.98 Å². The van der Waals surface area contributed by atoms with E-state index in [4.69, 9.17) is 5.73 Å². The van der Waals surface area contributed by atoms with Gasteiger partial charge in [-0.25, -0.2) is 22.2 Å². The number of nitrogens with two attached hydrogens (primary N) is 1. The Bertz CT molecular complexity index is 952. The molecule has 2 rings (SSSR count). The molecule has 0 spiro atoms. The second-order valence-corrected chi connectivity index (χ2v) is 8.21. The minimum Gasteiger partial charge on any atom is -0.383 e. The number of sulfonamides is 1. The molecule has 140 valence electrons. The van der Waals surface area contributed by atoms with Crippen molar-refractivity contribution in [2.45, 2.75) is 19.8 Å². The van der Waals surface area contributed by atoms with E-state index in [0.717, 1.165) is 12.1 Å². The van der Waals surface area contributed by atoms with Crippen LogP contribution in [0, 0.1) is 11.6 Å². The van der Waals surface area contributed by atoms with Crippen LogP contribution >= 0.6 is 15.9 Å². The summed E-state index contributed by atoms with van der Waals surface area (Å²) in [5, 5.41) is 0. The Morgan fingerprint density at radius 1 is 1.35 bits per heavy atom. The first-order valence-electron chi connectivity index (χ1n) is 7.56. The quantitative estimate of drug-likeness (QED) is 0.633. The summed E-state index contributed by atoms with van der Waals surface area (Å²) in [5.41, 5.74) is 4.67. The molecule has 0 fully saturated rings. The van der Waals surface area contributed by atoms with Crippen LogP contribution in [0.3, 0.4) is 0 Å². The molecule has 0 aliphatic heterocycles. The largest absolute Gasteiger partial charge is 0.383 e. The van der Waals surface area contributed by atoms with Gasteiger partial charge in [0.2, 0.25) is 10.0 Å². The Morgan fingerprint density at radius 2 is 2.04 bits per heavy atom. The van der Waals surface area contributed by atoms with E-state index in [1.807, 2.05) is 4.72 Å². The third-order valence-corrected chi connectivity index (χ3v) is 5.51. The zero-order chi connectivity index (χ0) is 19.5. The maximum absolute atomic E-state index is 14.6. The number of anilines is 2. The number of carbonyl (C=O) groups is 1. The number of nitrogens with one attached hydrogen (secondary N) is 1. The van der Waals surface area contributed by atoms with Crippen LogP contribution in [0.15, 0.2) is 28.9 Å². The van der Waals surface area contributed by atoms with Crippen LogP contribution in [-0.2, 0) is 16.4 Å². The van der Waals surface area contributed by atoms with Gasteiger partial charge in [0.1, 0.15) is 11.6 Å². The second kappa shape index (κ2) is 8.09. The molecule has 0 radical (unpaired) electrons. The molecular weight excluding hydrogens is 432 g/mol. The standard InChI is InChI=1S/C16H16BrF2N3O3S/c1-2-5-26(24,25)22-12-4-3-11(18)14(15(12)19)13(23)7-9-6-10(17)16(20)21-8-9/h3-4,6,8,22H,2,5,7H2,1H3,(H2,20,21). The van der Waals surface area contributed by atoms with Gasteiger partial charge in [-0.3, -0.25) is 9.52 Å². The number of rotatable bonds is 7. The van der Waals surface area contributed by atoms with Gasteiger partial charge in [-0.2, -0.15) is 0 Å². The van der Waals surface area contributed by atoms with Gasteiger partial charge in [0, 0.05) is 12.6 Å². The lowest BCUT2D eigenvalue weighted by molar-refractivity contribution is 0.0985. The van der Waals surface area contributed by atoms with Crippen LogP contribution < -0.4 is 10.5 Å². The van der Waals surface area contributed by atoms with Crippen molar-refractivity contribution in [2.75, 3.05) is 16.2 Å². The average Bonchev–Trinajstić information content (AvgIpc) is 2.54. The topological polar surface area (TPSA) is 102 Å². The molecule has 0 aliphatic carbocycles. The molecule has 3 N–H and O–H groups in total. The average molecular weight is 448 g/mol. The molecule has 6 nitrogen and oxygen atoms in total. The van der Waals surface area contributed by atoms with Crippen LogP contribution in [0.4, 0.5) is 20.3 Å². The van der Waals surface area contributed by atoms with Gasteiger partial charge in [0.25, 0.3) is 0 Å². The lowest BCUT2D eigenvalue weighted by atomic mass is 10.0. The number of hydrogen-bond acceptors (Lipinski definition) is 5. The summed E-state index contributed by atoms with van der Waals surface area (Å²) in [6, 6.07) is 3.30. The highest BCUT2D eigenvalue weighted by molar-refractivity contribution is 9.10. The Hall–Kier alpha value is -2.07. The Labute approximate surface area is 158 Å². The fraction of sp³-hybridized carbons (Fsp3) is 0.250. The van der Waals surface area contributed by atoms with E-state index in [-0.39, 0.29) is 18.0 Å². The SMILES string of the molecule is CCCS(=O)(=O)Nc1ccc(F)c(C(=O)Cc2cnc(N)c(Br)c2)c1F. The molecule has 0 saturated carbocycles. The van der Waals surface area contributed by atoms with Crippen molar-refractivity contribution in [3.05, 3.63) is 51.6 Å². The summed E-state index contributed by atoms with van der Waals surface area (Å²) in [4.78, 5) is 16.2. The molecular formula is C16H16BrF2N3O3S. The fourth-order valence-electron chi connectivity index (χ4n) is 2.23.